The molecule has 0 spiro atoms. The fraction of sp³-hybridized carbons (Fsp3) is 0.429. The van der Waals surface area contributed by atoms with Crippen LogP contribution in [0.25, 0.3) is 0 Å². The van der Waals surface area contributed by atoms with E-state index in [2.05, 4.69) is 13.2 Å². The van der Waals surface area contributed by atoms with Crippen LogP contribution in [0.2, 0.25) is 0 Å². The highest BCUT2D eigenvalue weighted by Crippen LogP contribution is 2.11. The van der Waals surface area contributed by atoms with Crippen molar-refractivity contribution < 1.29 is 8.78 Å². The van der Waals surface area contributed by atoms with Gasteiger partial charge in [-0.15, -0.1) is 6.58 Å². The van der Waals surface area contributed by atoms with Crippen LogP contribution in [0.3, 0.4) is 0 Å². The third-order valence-electron chi connectivity index (χ3n) is 0.976. The molecule has 0 saturated carbocycles. The van der Waals surface area contributed by atoms with Crippen LogP contribution in [0.5, 0.6) is 0 Å². The van der Waals surface area contributed by atoms with Crippen molar-refractivity contribution in [2.24, 2.45) is 0 Å². The Balaban J connectivity index is 3.86. The van der Waals surface area contributed by atoms with Gasteiger partial charge in [-0.25, -0.2) is 8.78 Å². The van der Waals surface area contributed by atoms with Crippen molar-refractivity contribution >= 4 is 0 Å². The van der Waals surface area contributed by atoms with Crippen LogP contribution in [0.15, 0.2) is 24.8 Å². The summed E-state index contributed by atoms with van der Waals surface area (Å²) in [4.78, 5) is 0. The monoisotopic (exact) mass is 132 g/mol. The predicted octanol–water partition coefficient (Wildman–Crippen LogP) is 2.42. The maximum Gasteiger partial charge on any atom is 0.155 e. The molecule has 0 aromatic heterocycles. The molecule has 0 bridgehead atoms. The van der Waals surface area contributed by atoms with Crippen molar-refractivity contribution in [2.45, 2.75) is 19.3 Å². The summed E-state index contributed by atoms with van der Waals surface area (Å²) in [5.74, 6) is 0. The minimum atomic E-state index is -1.61. The number of alkyl halides is 2. The summed E-state index contributed by atoms with van der Waals surface area (Å²) in [5.41, 5.74) is 0.197. The van der Waals surface area contributed by atoms with E-state index in [1.165, 1.54) is 6.92 Å². The first-order valence-electron chi connectivity index (χ1n) is 2.65. The van der Waals surface area contributed by atoms with Crippen molar-refractivity contribution in [3.05, 3.63) is 24.8 Å². The summed E-state index contributed by atoms with van der Waals surface area (Å²) in [5, 5.41) is 0. The average Bonchev–Trinajstić information content (AvgIpc) is 1.84. The van der Waals surface area contributed by atoms with E-state index in [0.717, 1.165) is 6.08 Å². The largest absolute Gasteiger partial charge is 0.239 e. The molecule has 0 fully saturated rings. The van der Waals surface area contributed by atoms with Crippen molar-refractivity contribution in [2.75, 3.05) is 0 Å². The fourth-order valence-corrected chi connectivity index (χ4v) is 0.391. The second-order valence-corrected chi connectivity index (χ2v) is 1.93. The van der Waals surface area contributed by atoms with Crippen LogP contribution in [-0.4, -0.2) is 12.3 Å². The van der Waals surface area contributed by atoms with Gasteiger partial charge in [-0.3, -0.25) is 0 Å². The van der Waals surface area contributed by atoms with Gasteiger partial charge >= 0.3 is 0 Å². The molecule has 0 amide bonds. The smallest absolute Gasteiger partial charge is 0.155 e. The Morgan fingerprint density at radius 3 is 2.11 bits per heavy atom. The normalized spacial score (nSPS) is 16.3. The lowest BCUT2D eigenvalue weighted by Crippen LogP contribution is -2.14. The van der Waals surface area contributed by atoms with Gasteiger partial charge in [0.2, 0.25) is 0 Å². The zero-order chi connectivity index (χ0) is 7.44. The van der Waals surface area contributed by atoms with Crippen LogP contribution in [0, 0.1) is 0 Å². The van der Waals surface area contributed by atoms with Gasteiger partial charge in [0, 0.05) is 0 Å². The highest BCUT2D eigenvalue weighted by Gasteiger charge is 2.16. The Bertz CT molecular complexity index is 118. The Morgan fingerprint density at radius 1 is 1.56 bits per heavy atom. The van der Waals surface area contributed by atoms with E-state index in [0.29, 0.717) is 0 Å². The van der Waals surface area contributed by atoms with Crippen molar-refractivity contribution in [3.8, 4) is 0 Å². The first kappa shape index (κ1) is 8.34. The Hall–Kier alpha value is -0.660. The lowest BCUT2D eigenvalue weighted by Gasteiger charge is -2.07. The minimum absolute atomic E-state index is 0.197. The summed E-state index contributed by atoms with van der Waals surface area (Å²) in [6, 6.07) is 0. The molecule has 0 heterocycles. The van der Waals surface area contributed by atoms with Gasteiger partial charge in [0.1, 0.15) is 0 Å². The molecule has 0 aliphatic rings. The van der Waals surface area contributed by atoms with E-state index in [9.17, 15) is 8.78 Å². The number of hydrogen-bond acceptors (Lipinski definition) is 0. The SMILES string of the molecule is C=CC(F)C(F)C(=C)C. The molecule has 0 aromatic rings. The number of rotatable bonds is 3. The van der Waals surface area contributed by atoms with Crippen molar-refractivity contribution in [1.29, 1.82) is 0 Å². The van der Waals surface area contributed by atoms with Gasteiger partial charge < -0.3 is 0 Å². The van der Waals surface area contributed by atoms with Crippen LogP contribution in [-0.2, 0) is 0 Å². The fourth-order valence-electron chi connectivity index (χ4n) is 0.391. The van der Waals surface area contributed by atoms with Crippen molar-refractivity contribution in [3.63, 3.8) is 0 Å². The third kappa shape index (κ3) is 2.40. The number of halogens is 2. The van der Waals surface area contributed by atoms with Crippen LogP contribution < -0.4 is 0 Å². The second-order valence-electron chi connectivity index (χ2n) is 1.93. The molecule has 0 rings (SSSR count). The van der Waals surface area contributed by atoms with Gasteiger partial charge in [-0.1, -0.05) is 12.7 Å². The topological polar surface area (TPSA) is 0 Å². The van der Waals surface area contributed by atoms with E-state index >= 15 is 0 Å². The number of allylic oxidation sites excluding steroid dienone is 2. The maximum atomic E-state index is 12.4. The lowest BCUT2D eigenvalue weighted by atomic mass is 10.1. The van der Waals surface area contributed by atoms with E-state index < -0.39 is 12.3 Å². The quantitative estimate of drug-likeness (QED) is 0.517. The molecule has 2 atom stereocenters. The molecule has 0 nitrogen and oxygen atoms in total. The first-order chi connectivity index (χ1) is 4.09. The molecular formula is C7H10F2. The standard InChI is InChI=1S/C7H10F2/c1-4-6(8)7(9)5(2)3/h4,6-7H,1-2H2,3H3. The predicted molar refractivity (Wildman–Crippen MR) is 34.8 cm³/mol. The van der Waals surface area contributed by atoms with Gasteiger partial charge in [-0.05, 0) is 12.5 Å². The molecule has 9 heavy (non-hydrogen) atoms. The van der Waals surface area contributed by atoms with Crippen LogP contribution in [0.1, 0.15) is 6.92 Å². The molecule has 0 aliphatic heterocycles. The molecule has 52 valence electrons. The van der Waals surface area contributed by atoms with Crippen molar-refractivity contribution in [1.82, 2.24) is 0 Å². The molecule has 0 aromatic carbocycles. The zero-order valence-corrected chi connectivity index (χ0v) is 5.40. The minimum Gasteiger partial charge on any atom is -0.239 e. The van der Waals surface area contributed by atoms with E-state index in [-0.39, 0.29) is 5.57 Å². The summed E-state index contributed by atoms with van der Waals surface area (Å²) in [7, 11) is 0. The summed E-state index contributed by atoms with van der Waals surface area (Å²) in [6.45, 7) is 7.81. The molecule has 0 radical (unpaired) electrons. The van der Waals surface area contributed by atoms with Crippen LogP contribution in [0.4, 0.5) is 8.78 Å². The van der Waals surface area contributed by atoms with Gasteiger partial charge in [-0.2, -0.15) is 0 Å². The molecular weight excluding hydrogens is 122 g/mol. The summed E-state index contributed by atoms with van der Waals surface area (Å²) < 4.78 is 24.6. The van der Waals surface area contributed by atoms with Gasteiger partial charge in [0.25, 0.3) is 0 Å². The maximum absolute atomic E-state index is 12.4. The van der Waals surface area contributed by atoms with Gasteiger partial charge in [0.05, 0.1) is 0 Å². The van der Waals surface area contributed by atoms with E-state index in [4.69, 9.17) is 0 Å². The average molecular weight is 132 g/mol. The molecule has 0 N–H and O–H groups in total. The molecule has 0 aliphatic carbocycles. The highest BCUT2D eigenvalue weighted by molar-refractivity contribution is 5.05. The third-order valence-corrected chi connectivity index (χ3v) is 0.976. The van der Waals surface area contributed by atoms with E-state index in [1.807, 2.05) is 0 Å². The zero-order valence-electron chi connectivity index (χ0n) is 5.40. The summed E-state index contributed by atoms with van der Waals surface area (Å²) in [6.07, 6.45) is -2.27. The van der Waals surface area contributed by atoms with E-state index in [1.54, 1.807) is 0 Å². The first-order valence-corrected chi connectivity index (χ1v) is 2.65. The van der Waals surface area contributed by atoms with Crippen LogP contribution >= 0.6 is 0 Å². The lowest BCUT2D eigenvalue weighted by molar-refractivity contribution is 0.237. The Labute approximate surface area is 53.9 Å². The molecule has 2 heteroatoms. The second kappa shape index (κ2) is 3.38. The van der Waals surface area contributed by atoms with Gasteiger partial charge in [0.15, 0.2) is 12.3 Å². The number of hydrogen-bond donors (Lipinski definition) is 0. The highest BCUT2D eigenvalue weighted by atomic mass is 19.2. The molecule has 2 unspecified atom stereocenters. The Morgan fingerprint density at radius 2 is 2.00 bits per heavy atom. The summed E-state index contributed by atoms with van der Waals surface area (Å²) >= 11 is 0. The molecule has 0 saturated heterocycles. The Kier molecular flexibility index (Phi) is 3.13.